The van der Waals surface area contributed by atoms with E-state index >= 15 is 0 Å². The molecule has 154 valence electrons. The van der Waals surface area contributed by atoms with Crippen LogP contribution in [0.4, 0.5) is 0 Å². The molecule has 0 spiro atoms. The smallest absolute Gasteiger partial charge is 0.191 e. The van der Waals surface area contributed by atoms with Crippen LogP contribution < -0.4 is 4.74 Å². The fourth-order valence-electron chi connectivity index (χ4n) is 2.89. The summed E-state index contributed by atoms with van der Waals surface area (Å²) in [6, 6.07) is 13.8. The Kier molecular flexibility index (Phi) is 6.41. The molecule has 0 atom stereocenters. The van der Waals surface area contributed by atoms with Crippen LogP contribution in [0.5, 0.6) is 5.75 Å². The van der Waals surface area contributed by atoms with Crippen molar-refractivity contribution in [3.05, 3.63) is 75.5 Å². The fourth-order valence-corrected chi connectivity index (χ4v) is 4.96. The Labute approximate surface area is 189 Å². The van der Waals surface area contributed by atoms with E-state index in [1.54, 1.807) is 23.1 Å². The van der Waals surface area contributed by atoms with Gasteiger partial charge in [-0.25, -0.2) is 4.98 Å². The molecule has 0 fully saturated rings. The van der Waals surface area contributed by atoms with Gasteiger partial charge < -0.3 is 9.30 Å². The summed E-state index contributed by atoms with van der Waals surface area (Å²) in [6.45, 7) is 4.52. The number of hydrogen-bond donors (Lipinski definition) is 0. The summed E-state index contributed by atoms with van der Waals surface area (Å²) in [7, 11) is 1.96. The zero-order valence-electron chi connectivity index (χ0n) is 16.9. The lowest BCUT2D eigenvalue weighted by atomic mass is 10.1. The topological polar surface area (TPSA) is 52.8 Å². The molecule has 0 aliphatic carbocycles. The van der Waals surface area contributed by atoms with E-state index in [2.05, 4.69) is 35.5 Å². The first-order valence-corrected chi connectivity index (χ1v) is 11.7. The van der Waals surface area contributed by atoms with Crippen LogP contribution in [0.2, 0.25) is 5.02 Å². The summed E-state index contributed by atoms with van der Waals surface area (Å²) < 4.78 is 7.94. The van der Waals surface area contributed by atoms with Gasteiger partial charge in [0.1, 0.15) is 17.4 Å². The van der Waals surface area contributed by atoms with E-state index in [0.717, 1.165) is 38.6 Å². The molecule has 4 rings (SSSR count). The number of hydrogen-bond acceptors (Lipinski definition) is 6. The minimum Gasteiger partial charge on any atom is -0.485 e. The van der Waals surface area contributed by atoms with E-state index in [0.29, 0.717) is 17.4 Å². The third kappa shape index (κ3) is 4.53. The zero-order valence-corrected chi connectivity index (χ0v) is 19.3. The molecule has 0 amide bonds. The Morgan fingerprint density at radius 1 is 1.10 bits per heavy atom. The van der Waals surface area contributed by atoms with Crippen LogP contribution in [0.25, 0.3) is 10.6 Å². The quantitative estimate of drug-likeness (QED) is 0.315. The Hall–Kier alpha value is -2.35. The second-order valence-corrected chi connectivity index (χ2v) is 9.06. The Bertz CT molecular complexity index is 1170. The molecule has 5 nitrogen and oxygen atoms in total. The Balaban J connectivity index is 1.39. The van der Waals surface area contributed by atoms with Crippen molar-refractivity contribution in [1.82, 2.24) is 19.7 Å². The van der Waals surface area contributed by atoms with Crippen LogP contribution in [0.15, 0.2) is 53.0 Å². The second-order valence-electron chi connectivity index (χ2n) is 6.86. The molecule has 4 aromatic rings. The molecule has 0 saturated heterocycles. The summed E-state index contributed by atoms with van der Waals surface area (Å²) >= 11 is 9.49. The molecule has 0 saturated carbocycles. The van der Waals surface area contributed by atoms with Gasteiger partial charge in [-0.1, -0.05) is 53.7 Å². The number of aromatic nitrogens is 4. The van der Waals surface area contributed by atoms with E-state index < -0.39 is 0 Å². The number of rotatable bonds is 7. The van der Waals surface area contributed by atoms with Crippen LogP contribution in [0, 0.1) is 13.8 Å². The molecule has 0 bridgehead atoms. The molecule has 2 heterocycles. The second kappa shape index (κ2) is 9.20. The first-order chi connectivity index (χ1) is 14.5. The van der Waals surface area contributed by atoms with Gasteiger partial charge in [0.25, 0.3) is 0 Å². The number of nitrogens with zero attached hydrogens (tertiary/aromatic N) is 4. The van der Waals surface area contributed by atoms with Gasteiger partial charge in [-0.3, -0.25) is 0 Å². The lowest BCUT2D eigenvalue weighted by Crippen LogP contribution is -2.05. The van der Waals surface area contributed by atoms with E-state index in [-0.39, 0.29) is 0 Å². The third-order valence-corrected chi connectivity index (χ3v) is 7.15. The summed E-state index contributed by atoms with van der Waals surface area (Å²) in [5.41, 5.74) is 4.31. The number of thioether (sulfide) groups is 1. The minimum absolute atomic E-state index is 0.377. The first kappa shape index (κ1) is 20.9. The normalized spacial score (nSPS) is 11.1. The fraction of sp³-hybridized carbons (Fsp3) is 0.227. The average molecular weight is 457 g/mol. The molecule has 0 aliphatic rings. The Morgan fingerprint density at radius 2 is 1.93 bits per heavy atom. The van der Waals surface area contributed by atoms with Crippen LogP contribution in [-0.4, -0.2) is 19.7 Å². The van der Waals surface area contributed by atoms with Gasteiger partial charge in [0, 0.05) is 23.7 Å². The SMILES string of the molecule is Cc1cccc(OCc2nnc(SCc3csc(-c4ccccc4Cl)n3)n2C)c1C. The van der Waals surface area contributed by atoms with Crippen molar-refractivity contribution in [1.29, 1.82) is 0 Å². The molecule has 8 heteroatoms. The van der Waals surface area contributed by atoms with Gasteiger partial charge in [0.05, 0.1) is 10.7 Å². The molecule has 30 heavy (non-hydrogen) atoms. The number of thiazole rings is 1. The standard InChI is InChI=1S/C22H21ClN4OS2/c1-14-7-6-10-19(15(14)2)28-11-20-25-26-22(27(20)3)30-13-16-12-29-21(24-16)17-8-4-5-9-18(17)23/h4-10,12H,11,13H2,1-3H3. The maximum absolute atomic E-state index is 6.28. The molecule has 2 aromatic heterocycles. The van der Waals surface area contributed by atoms with E-state index in [1.807, 2.05) is 48.0 Å². The molecular weight excluding hydrogens is 436 g/mol. The highest BCUT2D eigenvalue weighted by Crippen LogP contribution is 2.31. The first-order valence-electron chi connectivity index (χ1n) is 9.42. The molecule has 0 N–H and O–H groups in total. The van der Waals surface area contributed by atoms with Gasteiger partial charge in [-0.2, -0.15) is 0 Å². The van der Waals surface area contributed by atoms with Gasteiger partial charge in [-0.05, 0) is 37.1 Å². The number of ether oxygens (including phenoxy) is 1. The minimum atomic E-state index is 0.377. The predicted octanol–water partition coefficient (Wildman–Crippen LogP) is 6.08. The van der Waals surface area contributed by atoms with Crippen molar-refractivity contribution in [3.8, 4) is 16.3 Å². The van der Waals surface area contributed by atoms with E-state index in [9.17, 15) is 0 Å². The van der Waals surface area contributed by atoms with Crippen LogP contribution in [0.1, 0.15) is 22.6 Å². The predicted molar refractivity (Wildman–Crippen MR) is 123 cm³/mol. The lowest BCUT2D eigenvalue weighted by Gasteiger charge is -2.10. The van der Waals surface area contributed by atoms with Crippen molar-refractivity contribution in [3.63, 3.8) is 0 Å². The third-order valence-electron chi connectivity index (χ3n) is 4.84. The average Bonchev–Trinajstić information content (AvgIpc) is 3.35. The molecular formula is C22H21ClN4OS2. The summed E-state index contributed by atoms with van der Waals surface area (Å²) in [5.74, 6) is 2.38. The van der Waals surface area contributed by atoms with Crippen molar-refractivity contribution in [2.45, 2.75) is 31.4 Å². The number of aryl methyl sites for hydroxylation is 1. The maximum Gasteiger partial charge on any atom is 0.191 e. The number of benzene rings is 2. The molecule has 0 radical (unpaired) electrons. The summed E-state index contributed by atoms with van der Waals surface area (Å²) in [5, 5.41) is 13.1. The van der Waals surface area contributed by atoms with Crippen LogP contribution >= 0.6 is 34.7 Å². The largest absolute Gasteiger partial charge is 0.485 e. The highest BCUT2D eigenvalue weighted by Gasteiger charge is 2.13. The zero-order chi connectivity index (χ0) is 21.1. The molecule has 0 aliphatic heterocycles. The Morgan fingerprint density at radius 3 is 2.77 bits per heavy atom. The summed E-state index contributed by atoms with van der Waals surface area (Å²) in [6.07, 6.45) is 0. The van der Waals surface area contributed by atoms with Crippen molar-refractivity contribution in [2.24, 2.45) is 7.05 Å². The van der Waals surface area contributed by atoms with Crippen LogP contribution in [0.3, 0.4) is 0 Å². The molecule has 2 aromatic carbocycles. The van der Waals surface area contributed by atoms with Gasteiger partial charge in [0.15, 0.2) is 11.0 Å². The highest BCUT2D eigenvalue weighted by molar-refractivity contribution is 7.98. The number of halogens is 1. The van der Waals surface area contributed by atoms with Crippen molar-refractivity contribution in [2.75, 3.05) is 0 Å². The molecule has 0 unspecified atom stereocenters. The summed E-state index contributed by atoms with van der Waals surface area (Å²) in [4.78, 5) is 4.72. The van der Waals surface area contributed by atoms with E-state index in [4.69, 9.17) is 21.3 Å². The lowest BCUT2D eigenvalue weighted by molar-refractivity contribution is 0.288. The van der Waals surface area contributed by atoms with Crippen molar-refractivity contribution >= 4 is 34.7 Å². The van der Waals surface area contributed by atoms with Gasteiger partial charge >= 0.3 is 0 Å². The van der Waals surface area contributed by atoms with Crippen molar-refractivity contribution < 1.29 is 4.74 Å². The highest BCUT2D eigenvalue weighted by atomic mass is 35.5. The van der Waals surface area contributed by atoms with Gasteiger partial charge in [-0.15, -0.1) is 21.5 Å². The maximum atomic E-state index is 6.28. The van der Waals surface area contributed by atoms with E-state index in [1.165, 1.54) is 5.56 Å². The monoisotopic (exact) mass is 456 g/mol. The van der Waals surface area contributed by atoms with Gasteiger partial charge in [0.2, 0.25) is 0 Å². The van der Waals surface area contributed by atoms with Crippen LogP contribution in [-0.2, 0) is 19.4 Å².